The van der Waals surface area contributed by atoms with Crippen LogP contribution in [0.15, 0.2) is 12.1 Å². The summed E-state index contributed by atoms with van der Waals surface area (Å²) in [6, 6.07) is 3.85. The van der Waals surface area contributed by atoms with Crippen LogP contribution in [0.25, 0.3) is 0 Å². The van der Waals surface area contributed by atoms with Crippen LogP contribution in [0.1, 0.15) is 18.0 Å². The van der Waals surface area contributed by atoms with Gasteiger partial charge in [0.2, 0.25) is 0 Å². The molecule has 2 rings (SSSR count). The molecule has 0 spiro atoms. The van der Waals surface area contributed by atoms with Gasteiger partial charge in [-0.05, 0) is 30.7 Å². The number of hydrogen-bond acceptors (Lipinski definition) is 1. The molecule has 1 atom stereocenters. The number of rotatable bonds is 1. The first-order valence-corrected chi connectivity index (χ1v) is 5.19. The van der Waals surface area contributed by atoms with Crippen LogP contribution >= 0.6 is 47.2 Å². The monoisotopic (exact) mass is 271 g/mol. The summed E-state index contributed by atoms with van der Waals surface area (Å²) in [5.41, 5.74) is 1.01. The highest BCUT2D eigenvalue weighted by molar-refractivity contribution is 6.43. The van der Waals surface area contributed by atoms with E-state index < -0.39 is 0 Å². The average Bonchev–Trinajstić information content (AvgIpc) is 1.95. The smallest absolute Gasteiger partial charge is 0.0641 e. The first-order chi connectivity index (χ1) is 6.18. The zero-order chi connectivity index (χ0) is 9.42. The van der Waals surface area contributed by atoms with E-state index in [4.69, 9.17) is 34.8 Å². The van der Waals surface area contributed by atoms with Crippen molar-refractivity contribution in [2.75, 3.05) is 6.54 Å². The molecule has 0 aliphatic carbocycles. The Morgan fingerprint density at radius 1 is 1.21 bits per heavy atom. The molecule has 1 fully saturated rings. The fourth-order valence-corrected chi connectivity index (χ4v) is 2.13. The number of benzene rings is 1. The minimum atomic E-state index is 0. The predicted octanol–water partition coefficient (Wildman–Crippen LogP) is 4.10. The Labute approximate surface area is 104 Å². The largest absolute Gasteiger partial charge is 0.310 e. The molecule has 1 nitrogen and oxygen atoms in total. The van der Waals surface area contributed by atoms with Crippen LogP contribution in [-0.2, 0) is 0 Å². The Morgan fingerprint density at radius 2 is 1.86 bits per heavy atom. The molecule has 1 aromatic rings. The van der Waals surface area contributed by atoms with E-state index in [1.165, 1.54) is 0 Å². The van der Waals surface area contributed by atoms with Crippen molar-refractivity contribution in [2.24, 2.45) is 0 Å². The van der Waals surface area contributed by atoms with Crippen LogP contribution in [0.3, 0.4) is 0 Å². The first kappa shape index (κ1) is 12.4. The standard InChI is InChI=1S/C9H8Cl3N.ClH/c10-5-3-6(8-1-2-13-8)9(12)7(11)4-5;/h3-4,8,13H,1-2H2;1H/t8-;/m1./s1. The van der Waals surface area contributed by atoms with Crippen LogP contribution in [0, 0.1) is 0 Å². The first-order valence-electron chi connectivity index (χ1n) is 4.06. The lowest BCUT2D eigenvalue weighted by atomic mass is 9.98. The van der Waals surface area contributed by atoms with Crippen molar-refractivity contribution in [3.63, 3.8) is 0 Å². The Kier molecular flexibility index (Phi) is 4.35. The summed E-state index contributed by atoms with van der Waals surface area (Å²) in [6.07, 6.45) is 1.09. The van der Waals surface area contributed by atoms with E-state index in [0.717, 1.165) is 18.5 Å². The van der Waals surface area contributed by atoms with Gasteiger partial charge in [0.25, 0.3) is 0 Å². The maximum absolute atomic E-state index is 6.04. The van der Waals surface area contributed by atoms with Gasteiger partial charge in [-0.15, -0.1) is 12.4 Å². The van der Waals surface area contributed by atoms with Gasteiger partial charge in [0.15, 0.2) is 0 Å². The SMILES string of the molecule is Cl.Clc1cc(Cl)c(Cl)c([C@H]2CCN2)c1. The van der Waals surface area contributed by atoms with Crippen molar-refractivity contribution in [1.29, 1.82) is 0 Å². The molecule has 0 amide bonds. The summed E-state index contributed by atoms with van der Waals surface area (Å²) < 4.78 is 0. The average molecular weight is 273 g/mol. The molecule has 0 aromatic heterocycles. The minimum Gasteiger partial charge on any atom is -0.310 e. The molecular formula is C9H9Cl4N. The zero-order valence-electron chi connectivity index (χ0n) is 7.19. The maximum Gasteiger partial charge on any atom is 0.0641 e. The van der Waals surface area contributed by atoms with Crippen LogP contribution < -0.4 is 5.32 Å². The Hall–Kier alpha value is 0.340. The van der Waals surface area contributed by atoms with E-state index in [9.17, 15) is 0 Å². The van der Waals surface area contributed by atoms with Crippen molar-refractivity contribution < 1.29 is 0 Å². The predicted molar refractivity (Wildman–Crippen MR) is 64.1 cm³/mol. The summed E-state index contributed by atoms with van der Waals surface area (Å²) in [5.74, 6) is 0. The van der Waals surface area contributed by atoms with E-state index in [1.807, 2.05) is 6.07 Å². The van der Waals surface area contributed by atoms with Gasteiger partial charge in [-0.3, -0.25) is 0 Å². The third-order valence-corrected chi connectivity index (χ3v) is 3.26. The lowest BCUT2D eigenvalue weighted by molar-refractivity contribution is 0.383. The normalized spacial score (nSPS) is 19.8. The second kappa shape index (κ2) is 4.91. The second-order valence-electron chi connectivity index (χ2n) is 3.09. The molecule has 0 unspecified atom stereocenters. The molecule has 14 heavy (non-hydrogen) atoms. The number of halogens is 4. The van der Waals surface area contributed by atoms with Gasteiger partial charge in [-0.2, -0.15) is 0 Å². The zero-order valence-corrected chi connectivity index (χ0v) is 10.3. The number of hydrogen-bond donors (Lipinski definition) is 1. The van der Waals surface area contributed by atoms with Gasteiger partial charge in [-0.1, -0.05) is 34.8 Å². The topological polar surface area (TPSA) is 12.0 Å². The van der Waals surface area contributed by atoms with Gasteiger partial charge in [0, 0.05) is 11.1 Å². The van der Waals surface area contributed by atoms with Crippen molar-refractivity contribution >= 4 is 47.2 Å². The van der Waals surface area contributed by atoms with Gasteiger partial charge < -0.3 is 5.32 Å². The lowest BCUT2D eigenvalue weighted by Crippen LogP contribution is -2.35. The van der Waals surface area contributed by atoms with Crippen LogP contribution in [0.4, 0.5) is 0 Å². The molecule has 0 saturated carbocycles. The summed E-state index contributed by atoms with van der Waals surface area (Å²) in [4.78, 5) is 0. The Bertz CT molecular complexity index is 336. The highest BCUT2D eigenvalue weighted by Crippen LogP contribution is 2.36. The van der Waals surface area contributed by atoms with Crippen molar-refractivity contribution in [1.82, 2.24) is 5.32 Å². The van der Waals surface area contributed by atoms with Crippen molar-refractivity contribution in [3.8, 4) is 0 Å². The fraction of sp³-hybridized carbons (Fsp3) is 0.333. The lowest BCUT2D eigenvalue weighted by Gasteiger charge is -2.29. The van der Waals surface area contributed by atoms with Crippen molar-refractivity contribution in [2.45, 2.75) is 12.5 Å². The van der Waals surface area contributed by atoms with E-state index >= 15 is 0 Å². The molecule has 1 aliphatic heterocycles. The molecule has 78 valence electrons. The van der Waals surface area contributed by atoms with E-state index in [0.29, 0.717) is 21.1 Å². The van der Waals surface area contributed by atoms with Crippen LogP contribution in [0.5, 0.6) is 0 Å². The minimum absolute atomic E-state index is 0. The van der Waals surface area contributed by atoms with Crippen molar-refractivity contribution in [3.05, 3.63) is 32.8 Å². The molecule has 1 aliphatic rings. The quantitative estimate of drug-likeness (QED) is 0.759. The summed E-state index contributed by atoms with van der Waals surface area (Å²) in [7, 11) is 0. The molecule has 1 saturated heterocycles. The maximum atomic E-state index is 6.04. The van der Waals surface area contributed by atoms with Gasteiger partial charge in [-0.25, -0.2) is 0 Å². The van der Waals surface area contributed by atoms with E-state index in [2.05, 4.69) is 5.32 Å². The molecule has 1 N–H and O–H groups in total. The van der Waals surface area contributed by atoms with E-state index in [1.54, 1.807) is 6.07 Å². The Morgan fingerprint density at radius 3 is 2.36 bits per heavy atom. The number of nitrogens with one attached hydrogen (secondary N) is 1. The highest BCUT2D eigenvalue weighted by atomic mass is 35.5. The molecule has 1 aromatic carbocycles. The summed E-state index contributed by atoms with van der Waals surface area (Å²) in [6.45, 7) is 1.03. The molecule has 5 heteroatoms. The van der Waals surface area contributed by atoms with Gasteiger partial charge >= 0.3 is 0 Å². The third kappa shape index (κ3) is 2.29. The van der Waals surface area contributed by atoms with E-state index in [-0.39, 0.29) is 12.4 Å². The highest BCUT2D eigenvalue weighted by Gasteiger charge is 2.22. The van der Waals surface area contributed by atoms with Gasteiger partial charge in [0.1, 0.15) is 0 Å². The van der Waals surface area contributed by atoms with Crippen LogP contribution in [0.2, 0.25) is 15.1 Å². The van der Waals surface area contributed by atoms with Gasteiger partial charge in [0.05, 0.1) is 10.0 Å². The van der Waals surface area contributed by atoms with Crippen LogP contribution in [-0.4, -0.2) is 6.54 Å². The molecular weight excluding hydrogens is 264 g/mol. The fourth-order valence-electron chi connectivity index (χ4n) is 1.38. The third-order valence-electron chi connectivity index (χ3n) is 2.22. The second-order valence-corrected chi connectivity index (χ2v) is 4.31. The summed E-state index contributed by atoms with van der Waals surface area (Å²) in [5, 5.41) is 5.03. The summed E-state index contributed by atoms with van der Waals surface area (Å²) >= 11 is 17.8. The molecule has 0 radical (unpaired) electrons. The Balaban J connectivity index is 0.000000980. The molecule has 0 bridgehead atoms. The molecule has 1 heterocycles.